The molecule has 0 aliphatic carbocycles. The Morgan fingerprint density at radius 3 is 2.43 bits per heavy atom. The maximum atomic E-state index is 10.9. The van der Waals surface area contributed by atoms with Crippen molar-refractivity contribution in [3.05, 3.63) is 0 Å². The lowest BCUT2D eigenvalue weighted by molar-refractivity contribution is 0.0534. The van der Waals surface area contributed by atoms with Crippen LogP contribution in [0, 0.1) is 0 Å². The van der Waals surface area contributed by atoms with E-state index in [0.717, 1.165) is 0 Å². The van der Waals surface area contributed by atoms with E-state index in [0.29, 0.717) is 6.42 Å². The van der Waals surface area contributed by atoms with Crippen LogP contribution in [0.3, 0.4) is 0 Å². The van der Waals surface area contributed by atoms with Crippen molar-refractivity contribution in [3.63, 3.8) is 0 Å². The molecule has 0 aromatic rings. The molecule has 0 amide bonds. The van der Waals surface area contributed by atoms with E-state index in [1.165, 1.54) is 14.2 Å². The largest absolute Gasteiger partial charge is 0.379 e. The lowest BCUT2D eigenvalue weighted by atomic mass is 9.85. The van der Waals surface area contributed by atoms with Gasteiger partial charge in [-0.25, -0.2) is 0 Å². The van der Waals surface area contributed by atoms with Crippen LogP contribution in [0.25, 0.3) is 0 Å². The van der Waals surface area contributed by atoms with Gasteiger partial charge >= 0.3 is 10.3 Å². The Hall–Kier alpha value is -0.105. The van der Waals surface area contributed by atoms with E-state index >= 15 is 0 Å². The van der Waals surface area contributed by atoms with Gasteiger partial charge in [0.15, 0.2) is 0 Å². The first-order valence-electron chi connectivity index (χ1n) is 4.27. The molecule has 0 spiro atoms. The van der Waals surface area contributed by atoms with Crippen molar-refractivity contribution in [2.24, 2.45) is 0 Å². The van der Waals surface area contributed by atoms with Crippen LogP contribution < -0.4 is 4.72 Å². The minimum absolute atomic E-state index is 0.0266. The molecule has 7 heteroatoms. The lowest BCUT2D eigenvalue weighted by Crippen LogP contribution is -2.27. The van der Waals surface area contributed by atoms with Crippen molar-refractivity contribution >= 4 is 18.2 Å². The summed E-state index contributed by atoms with van der Waals surface area (Å²) in [7, 11) is 4.68. The van der Waals surface area contributed by atoms with E-state index in [1.807, 2.05) is 11.6 Å². The second-order valence-corrected chi connectivity index (χ2v) is 4.57. The summed E-state index contributed by atoms with van der Waals surface area (Å²) in [4.78, 5) is 0. The summed E-state index contributed by atoms with van der Waals surface area (Å²) in [5.41, 5.74) is 0. The summed E-state index contributed by atoms with van der Waals surface area (Å²) in [6.45, 7) is 1.79. The second-order valence-electron chi connectivity index (χ2n) is 3.01. The average Bonchev–Trinajstić information content (AvgIpc) is 2.12. The van der Waals surface area contributed by atoms with Crippen LogP contribution in [0.2, 0.25) is 5.82 Å². The smallest absolute Gasteiger partial charge is 0.335 e. The summed E-state index contributed by atoms with van der Waals surface area (Å²) in [5.74, 6) is -0.0548. The van der Waals surface area contributed by atoms with Gasteiger partial charge in [0.1, 0.15) is 0 Å². The van der Waals surface area contributed by atoms with Gasteiger partial charge in [0.05, 0.1) is 20.6 Å². The third kappa shape index (κ3) is 6.36. The van der Waals surface area contributed by atoms with E-state index in [4.69, 9.17) is 12.6 Å². The molecule has 0 saturated carbocycles. The monoisotopic (exact) mass is 221 g/mol. The van der Waals surface area contributed by atoms with E-state index in [9.17, 15) is 8.42 Å². The van der Waals surface area contributed by atoms with Crippen molar-refractivity contribution in [2.75, 3.05) is 20.8 Å². The Kier molecular flexibility index (Phi) is 6.34. The van der Waals surface area contributed by atoms with Crippen LogP contribution in [-0.4, -0.2) is 43.1 Å². The van der Waals surface area contributed by atoms with Crippen LogP contribution in [0.4, 0.5) is 0 Å². The second kappa shape index (κ2) is 6.39. The van der Waals surface area contributed by atoms with Gasteiger partial charge in [-0.05, 0) is 6.42 Å². The number of hydrogen-bond acceptors (Lipinski definition) is 4. The predicted octanol–water partition coefficient (Wildman–Crippen LogP) is -0.151. The zero-order chi connectivity index (χ0) is 11.2. The highest BCUT2D eigenvalue weighted by Gasteiger charge is 2.14. The number of methoxy groups -OCH3 is 1. The maximum Gasteiger partial charge on any atom is 0.335 e. The Bertz CT molecular complexity index is 242. The molecule has 82 valence electrons. The highest BCUT2D eigenvalue weighted by atomic mass is 32.2. The predicted molar refractivity (Wildman–Crippen MR) is 54.5 cm³/mol. The Morgan fingerprint density at radius 1 is 1.50 bits per heavy atom. The summed E-state index contributed by atoms with van der Waals surface area (Å²) in [6.07, 6.45) is 0.244. The zero-order valence-corrected chi connectivity index (χ0v) is 9.50. The molecular formula is C7H16BNO4S. The highest BCUT2D eigenvalue weighted by Crippen LogP contribution is 2.10. The molecule has 14 heavy (non-hydrogen) atoms. The van der Waals surface area contributed by atoms with Gasteiger partial charge in [-0.1, -0.05) is 12.7 Å². The number of hydrogen-bond donors (Lipinski definition) is 1. The molecular weight excluding hydrogens is 205 g/mol. The number of ether oxygens (including phenoxy) is 1. The fourth-order valence-electron chi connectivity index (χ4n) is 0.871. The van der Waals surface area contributed by atoms with Gasteiger partial charge in [0.2, 0.25) is 0 Å². The fourth-order valence-corrected chi connectivity index (χ4v) is 1.32. The molecule has 0 rings (SSSR count). The molecule has 0 bridgehead atoms. The summed E-state index contributed by atoms with van der Waals surface area (Å²) < 4.78 is 33.4. The van der Waals surface area contributed by atoms with Gasteiger partial charge < -0.3 is 4.74 Å². The SMILES string of the molecule is [B]C(C)CC(COS(=O)(=O)NC)OC. The van der Waals surface area contributed by atoms with Crippen LogP contribution in [-0.2, 0) is 19.2 Å². The summed E-state index contributed by atoms with van der Waals surface area (Å²) in [6, 6.07) is 0. The van der Waals surface area contributed by atoms with Crippen LogP contribution in [0.15, 0.2) is 0 Å². The van der Waals surface area contributed by atoms with E-state index < -0.39 is 10.3 Å². The molecule has 0 heterocycles. The van der Waals surface area contributed by atoms with Crippen LogP contribution >= 0.6 is 0 Å². The molecule has 0 saturated heterocycles. The standard InChI is InChI=1S/C7H16BNO4S/c1-6(8)4-7(12-3)5-13-14(10,11)9-2/h6-7,9H,4-5H2,1-3H3. The third-order valence-electron chi connectivity index (χ3n) is 1.63. The first-order chi connectivity index (χ1) is 6.41. The van der Waals surface area contributed by atoms with Crippen LogP contribution in [0.1, 0.15) is 13.3 Å². The molecule has 2 atom stereocenters. The van der Waals surface area contributed by atoms with Gasteiger partial charge in [-0.15, -0.1) is 0 Å². The maximum absolute atomic E-state index is 10.9. The normalized spacial score (nSPS) is 16.5. The quantitative estimate of drug-likeness (QED) is 0.607. The van der Waals surface area contributed by atoms with E-state index in [-0.39, 0.29) is 18.5 Å². The molecule has 2 unspecified atom stereocenters. The van der Waals surface area contributed by atoms with E-state index in [1.54, 1.807) is 0 Å². The Morgan fingerprint density at radius 2 is 2.07 bits per heavy atom. The third-order valence-corrected chi connectivity index (χ3v) is 2.57. The molecule has 1 N–H and O–H groups in total. The first-order valence-corrected chi connectivity index (χ1v) is 5.68. The minimum Gasteiger partial charge on any atom is -0.379 e. The highest BCUT2D eigenvalue weighted by molar-refractivity contribution is 7.84. The molecule has 0 aliphatic heterocycles. The van der Waals surface area contributed by atoms with Gasteiger partial charge in [0, 0.05) is 14.2 Å². The number of rotatable bonds is 7. The summed E-state index contributed by atoms with van der Waals surface area (Å²) >= 11 is 0. The molecule has 2 radical (unpaired) electrons. The molecule has 0 aromatic carbocycles. The fraction of sp³-hybridized carbons (Fsp3) is 1.00. The topological polar surface area (TPSA) is 64.6 Å². The van der Waals surface area contributed by atoms with Gasteiger partial charge in [0.25, 0.3) is 0 Å². The molecule has 0 aromatic heterocycles. The average molecular weight is 221 g/mol. The molecule has 5 nitrogen and oxygen atoms in total. The molecule has 0 fully saturated rings. The Balaban J connectivity index is 3.96. The lowest BCUT2D eigenvalue weighted by Gasteiger charge is -2.17. The first kappa shape index (κ1) is 13.9. The van der Waals surface area contributed by atoms with E-state index in [2.05, 4.69) is 4.18 Å². The van der Waals surface area contributed by atoms with Crippen molar-refractivity contribution in [3.8, 4) is 0 Å². The molecule has 0 aliphatic rings. The number of nitrogens with one attached hydrogen (secondary N) is 1. The van der Waals surface area contributed by atoms with Gasteiger partial charge in [-0.3, -0.25) is 4.18 Å². The van der Waals surface area contributed by atoms with Gasteiger partial charge in [-0.2, -0.15) is 13.1 Å². The van der Waals surface area contributed by atoms with Crippen molar-refractivity contribution in [2.45, 2.75) is 25.3 Å². The summed E-state index contributed by atoms with van der Waals surface area (Å²) in [5, 5.41) is 0. The van der Waals surface area contributed by atoms with Crippen molar-refractivity contribution in [1.29, 1.82) is 0 Å². The van der Waals surface area contributed by atoms with Crippen LogP contribution in [0.5, 0.6) is 0 Å². The minimum atomic E-state index is -3.63. The van der Waals surface area contributed by atoms with Crippen molar-refractivity contribution in [1.82, 2.24) is 4.72 Å². The Labute approximate surface area is 86.8 Å². The van der Waals surface area contributed by atoms with Crippen molar-refractivity contribution < 1.29 is 17.3 Å². The zero-order valence-electron chi connectivity index (χ0n) is 8.69.